The van der Waals surface area contributed by atoms with Gasteiger partial charge in [0.1, 0.15) is 11.9 Å². The third-order valence-electron chi connectivity index (χ3n) is 4.68. The maximum Gasteiger partial charge on any atom is 0.161 e. The van der Waals surface area contributed by atoms with Gasteiger partial charge in [0.15, 0.2) is 11.5 Å². The molecule has 134 valence electrons. The lowest BCUT2D eigenvalue weighted by Crippen LogP contribution is -2.31. The van der Waals surface area contributed by atoms with Crippen LogP contribution in [0.2, 0.25) is 0 Å². The SMILES string of the molecule is CCCN1CCc2cc(OC)c(OC)cc2C(Oc2ccccc2)C1. The molecule has 0 saturated heterocycles. The fraction of sp³-hybridized carbons (Fsp3) is 0.429. The molecule has 1 atom stereocenters. The molecule has 4 heteroatoms. The Morgan fingerprint density at radius 3 is 2.44 bits per heavy atom. The summed E-state index contributed by atoms with van der Waals surface area (Å²) < 4.78 is 17.4. The molecule has 0 radical (unpaired) electrons. The van der Waals surface area contributed by atoms with E-state index >= 15 is 0 Å². The van der Waals surface area contributed by atoms with Gasteiger partial charge in [-0.2, -0.15) is 0 Å². The molecule has 0 aliphatic carbocycles. The number of rotatable bonds is 6. The lowest BCUT2D eigenvalue weighted by molar-refractivity contribution is 0.140. The molecule has 0 N–H and O–H groups in total. The summed E-state index contributed by atoms with van der Waals surface area (Å²) in [6, 6.07) is 14.2. The molecule has 0 saturated carbocycles. The summed E-state index contributed by atoms with van der Waals surface area (Å²) in [5.74, 6) is 2.43. The standard InChI is InChI=1S/C21H27NO3/c1-4-11-22-12-10-16-13-19(23-2)20(24-3)14-18(16)21(15-22)25-17-8-6-5-7-9-17/h5-9,13-14,21H,4,10-12,15H2,1-3H3. The third kappa shape index (κ3) is 4.07. The Morgan fingerprint density at radius 1 is 1.04 bits per heavy atom. The third-order valence-corrected chi connectivity index (χ3v) is 4.68. The van der Waals surface area contributed by atoms with Crippen molar-refractivity contribution in [2.24, 2.45) is 0 Å². The van der Waals surface area contributed by atoms with Crippen LogP contribution in [-0.4, -0.2) is 38.8 Å². The average molecular weight is 341 g/mol. The predicted octanol–water partition coefficient (Wildman–Crippen LogP) is 4.09. The number of hydrogen-bond acceptors (Lipinski definition) is 4. The van der Waals surface area contributed by atoms with Crippen molar-refractivity contribution in [2.45, 2.75) is 25.9 Å². The highest BCUT2D eigenvalue weighted by Crippen LogP contribution is 2.37. The second-order valence-electron chi connectivity index (χ2n) is 6.38. The van der Waals surface area contributed by atoms with Gasteiger partial charge in [0.25, 0.3) is 0 Å². The van der Waals surface area contributed by atoms with Crippen molar-refractivity contribution in [3.05, 3.63) is 53.6 Å². The second kappa shape index (κ2) is 8.26. The summed E-state index contributed by atoms with van der Waals surface area (Å²) in [6.07, 6.45) is 2.11. The number of ether oxygens (including phenoxy) is 3. The number of para-hydroxylation sites is 1. The van der Waals surface area contributed by atoms with Crippen LogP contribution in [0.15, 0.2) is 42.5 Å². The van der Waals surface area contributed by atoms with Gasteiger partial charge >= 0.3 is 0 Å². The van der Waals surface area contributed by atoms with Gasteiger partial charge in [0, 0.05) is 18.7 Å². The van der Waals surface area contributed by atoms with Crippen LogP contribution in [0.4, 0.5) is 0 Å². The summed E-state index contributed by atoms with van der Waals surface area (Å²) in [7, 11) is 3.36. The van der Waals surface area contributed by atoms with Gasteiger partial charge in [-0.1, -0.05) is 25.1 Å². The van der Waals surface area contributed by atoms with Gasteiger partial charge in [0.2, 0.25) is 0 Å². The van der Waals surface area contributed by atoms with E-state index in [0.717, 1.165) is 49.7 Å². The van der Waals surface area contributed by atoms with Crippen molar-refractivity contribution < 1.29 is 14.2 Å². The molecule has 4 nitrogen and oxygen atoms in total. The summed E-state index contributed by atoms with van der Waals surface area (Å²) in [5, 5.41) is 0. The molecule has 1 aliphatic rings. The molecule has 0 aromatic heterocycles. The predicted molar refractivity (Wildman–Crippen MR) is 99.8 cm³/mol. The van der Waals surface area contributed by atoms with Crippen molar-refractivity contribution in [2.75, 3.05) is 33.9 Å². The highest BCUT2D eigenvalue weighted by Gasteiger charge is 2.26. The molecule has 0 fully saturated rings. The van der Waals surface area contributed by atoms with Gasteiger partial charge in [-0.3, -0.25) is 4.90 Å². The Balaban J connectivity index is 1.97. The quantitative estimate of drug-likeness (QED) is 0.792. The lowest BCUT2D eigenvalue weighted by atomic mass is 10.00. The topological polar surface area (TPSA) is 30.9 Å². The fourth-order valence-corrected chi connectivity index (χ4v) is 3.44. The Labute approximate surface area is 150 Å². The van der Waals surface area contributed by atoms with Gasteiger partial charge in [0.05, 0.1) is 14.2 Å². The minimum Gasteiger partial charge on any atom is -0.493 e. The first-order valence-corrected chi connectivity index (χ1v) is 8.94. The van der Waals surface area contributed by atoms with E-state index in [1.165, 1.54) is 11.1 Å². The molecule has 25 heavy (non-hydrogen) atoms. The van der Waals surface area contributed by atoms with E-state index in [-0.39, 0.29) is 6.10 Å². The van der Waals surface area contributed by atoms with E-state index < -0.39 is 0 Å². The highest BCUT2D eigenvalue weighted by molar-refractivity contribution is 5.49. The minimum atomic E-state index is -0.0220. The first kappa shape index (κ1) is 17.6. The first-order chi connectivity index (χ1) is 12.2. The first-order valence-electron chi connectivity index (χ1n) is 8.94. The Bertz CT molecular complexity index is 687. The van der Waals surface area contributed by atoms with Gasteiger partial charge in [-0.25, -0.2) is 0 Å². The molecule has 0 amide bonds. The molecule has 0 spiro atoms. The molecule has 2 aromatic carbocycles. The Hall–Kier alpha value is -2.20. The number of methoxy groups -OCH3 is 2. The van der Waals surface area contributed by atoms with Crippen LogP contribution in [0.5, 0.6) is 17.2 Å². The van der Waals surface area contributed by atoms with Gasteiger partial charge in [-0.05, 0) is 49.2 Å². The zero-order valence-electron chi connectivity index (χ0n) is 15.3. The molecular weight excluding hydrogens is 314 g/mol. The maximum atomic E-state index is 6.37. The van der Waals surface area contributed by atoms with E-state index in [9.17, 15) is 0 Å². The smallest absolute Gasteiger partial charge is 0.161 e. The Morgan fingerprint density at radius 2 is 1.76 bits per heavy atom. The molecule has 2 aromatic rings. The molecular formula is C21H27NO3. The van der Waals surface area contributed by atoms with E-state index in [4.69, 9.17) is 14.2 Å². The van der Waals surface area contributed by atoms with E-state index in [1.807, 2.05) is 30.3 Å². The summed E-state index contributed by atoms with van der Waals surface area (Å²) >= 11 is 0. The zero-order valence-corrected chi connectivity index (χ0v) is 15.3. The van der Waals surface area contributed by atoms with E-state index in [2.05, 4.69) is 24.0 Å². The summed E-state index contributed by atoms with van der Waals surface area (Å²) in [6.45, 7) is 5.21. The fourth-order valence-electron chi connectivity index (χ4n) is 3.44. The molecule has 0 bridgehead atoms. The van der Waals surface area contributed by atoms with Crippen LogP contribution in [0.3, 0.4) is 0 Å². The van der Waals surface area contributed by atoms with E-state index in [1.54, 1.807) is 14.2 Å². The van der Waals surface area contributed by atoms with Gasteiger partial charge in [-0.15, -0.1) is 0 Å². The van der Waals surface area contributed by atoms with Crippen LogP contribution >= 0.6 is 0 Å². The van der Waals surface area contributed by atoms with Crippen molar-refractivity contribution in [3.8, 4) is 17.2 Å². The largest absolute Gasteiger partial charge is 0.493 e. The van der Waals surface area contributed by atoms with Gasteiger partial charge < -0.3 is 14.2 Å². The normalized spacial score (nSPS) is 17.5. The van der Waals surface area contributed by atoms with Crippen LogP contribution < -0.4 is 14.2 Å². The second-order valence-corrected chi connectivity index (χ2v) is 6.38. The monoisotopic (exact) mass is 341 g/mol. The number of fused-ring (bicyclic) bond motifs is 1. The van der Waals surface area contributed by atoms with Crippen molar-refractivity contribution in [3.63, 3.8) is 0 Å². The minimum absolute atomic E-state index is 0.0220. The molecule has 1 aliphatic heterocycles. The molecule has 1 unspecified atom stereocenters. The van der Waals surface area contributed by atoms with Crippen LogP contribution in [0.1, 0.15) is 30.6 Å². The van der Waals surface area contributed by atoms with Crippen molar-refractivity contribution in [1.82, 2.24) is 4.90 Å². The summed E-state index contributed by atoms with van der Waals surface area (Å²) in [5.41, 5.74) is 2.47. The maximum absolute atomic E-state index is 6.37. The molecule has 3 rings (SSSR count). The average Bonchev–Trinajstić information content (AvgIpc) is 2.81. The molecule has 1 heterocycles. The van der Waals surface area contributed by atoms with Crippen LogP contribution in [-0.2, 0) is 6.42 Å². The highest BCUT2D eigenvalue weighted by atomic mass is 16.5. The van der Waals surface area contributed by atoms with Crippen LogP contribution in [0, 0.1) is 0 Å². The summed E-state index contributed by atoms with van der Waals surface area (Å²) in [4.78, 5) is 2.48. The lowest BCUT2D eigenvalue weighted by Gasteiger charge is -2.25. The Kier molecular flexibility index (Phi) is 5.82. The zero-order chi connectivity index (χ0) is 17.6. The van der Waals surface area contributed by atoms with E-state index in [0.29, 0.717) is 0 Å². The van der Waals surface area contributed by atoms with Crippen molar-refractivity contribution in [1.29, 1.82) is 0 Å². The van der Waals surface area contributed by atoms with Crippen LogP contribution in [0.25, 0.3) is 0 Å². The van der Waals surface area contributed by atoms with Crippen molar-refractivity contribution >= 4 is 0 Å². The number of hydrogen-bond donors (Lipinski definition) is 0. The number of benzene rings is 2. The number of nitrogens with zero attached hydrogens (tertiary/aromatic N) is 1.